The fraction of sp³-hybridized carbons (Fsp3) is 0.333. The SMILES string of the molecule is CCNC(Cc1ccco1)c1cc(C(F)(F)F)ccc1F. The van der Waals surface area contributed by atoms with Crippen molar-refractivity contribution in [3.63, 3.8) is 0 Å². The second kappa shape index (κ2) is 6.30. The van der Waals surface area contributed by atoms with E-state index in [0.717, 1.165) is 18.2 Å². The lowest BCUT2D eigenvalue weighted by atomic mass is 9.99. The Hall–Kier alpha value is -1.82. The summed E-state index contributed by atoms with van der Waals surface area (Å²) in [5.74, 6) is -0.0849. The lowest BCUT2D eigenvalue weighted by Gasteiger charge is -2.19. The average Bonchev–Trinajstić information content (AvgIpc) is 2.90. The van der Waals surface area contributed by atoms with E-state index < -0.39 is 23.6 Å². The minimum absolute atomic E-state index is 0.0110. The molecule has 6 heteroatoms. The molecule has 0 amide bonds. The summed E-state index contributed by atoms with van der Waals surface area (Å²) in [6, 6.07) is 5.25. The molecule has 114 valence electrons. The molecule has 0 aliphatic rings. The van der Waals surface area contributed by atoms with Gasteiger partial charge in [-0.15, -0.1) is 0 Å². The number of hydrogen-bond donors (Lipinski definition) is 1. The molecule has 1 N–H and O–H groups in total. The van der Waals surface area contributed by atoms with Crippen LogP contribution in [0.2, 0.25) is 0 Å². The van der Waals surface area contributed by atoms with E-state index in [1.807, 2.05) is 0 Å². The molecule has 0 radical (unpaired) electrons. The number of alkyl halides is 3. The van der Waals surface area contributed by atoms with Gasteiger partial charge in [-0.05, 0) is 36.9 Å². The highest BCUT2D eigenvalue weighted by molar-refractivity contribution is 5.30. The first-order valence-electron chi connectivity index (χ1n) is 6.54. The van der Waals surface area contributed by atoms with Gasteiger partial charge in [-0.3, -0.25) is 0 Å². The lowest BCUT2D eigenvalue weighted by molar-refractivity contribution is -0.137. The van der Waals surface area contributed by atoms with Gasteiger partial charge < -0.3 is 9.73 Å². The van der Waals surface area contributed by atoms with Gasteiger partial charge in [0.05, 0.1) is 11.8 Å². The highest BCUT2D eigenvalue weighted by atomic mass is 19.4. The third-order valence-electron chi connectivity index (χ3n) is 3.13. The van der Waals surface area contributed by atoms with Gasteiger partial charge in [0.25, 0.3) is 0 Å². The predicted octanol–water partition coefficient (Wildman–Crippen LogP) is 4.33. The minimum atomic E-state index is -4.50. The van der Waals surface area contributed by atoms with Crippen LogP contribution in [-0.4, -0.2) is 6.54 Å². The molecule has 2 nitrogen and oxygen atoms in total. The molecule has 0 fully saturated rings. The average molecular weight is 301 g/mol. The Kier molecular flexibility index (Phi) is 4.67. The molecule has 2 aromatic rings. The Bertz CT molecular complexity index is 578. The van der Waals surface area contributed by atoms with Crippen LogP contribution in [0.4, 0.5) is 17.6 Å². The molecule has 1 unspecified atom stereocenters. The Morgan fingerprint density at radius 1 is 1.24 bits per heavy atom. The van der Waals surface area contributed by atoms with E-state index in [2.05, 4.69) is 5.32 Å². The summed E-state index contributed by atoms with van der Waals surface area (Å²) in [4.78, 5) is 0. The molecule has 0 saturated carbocycles. The zero-order chi connectivity index (χ0) is 15.5. The molecule has 21 heavy (non-hydrogen) atoms. The van der Waals surface area contributed by atoms with E-state index in [1.54, 1.807) is 19.1 Å². The number of halogens is 4. The van der Waals surface area contributed by atoms with Crippen molar-refractivity contribution in [2.24, 2.45) is 0 Å². The summed E-state index contributed by atoms with van der Waals surface area (Å²) in [5.41, 5.74) is -0.871. The summed E-state index contributed by atoms with van der Waals surface area (Å²) < 4.78 is 57.4. The first-order valence-corrected chi connectivity index (χ1v) is 6.54. The van der Waals surface area contributed by atoms with Crippen molar-refractivity contribution in [3.05, 3.63) is 59.3 Å². The second-order valence-corrected chi connectivity index (χ2v) is 4.63. The molecule has 1 atom stereocenters. The molecular weight excluding hydrogens is 286 g/mol. The van der Waals surface area contributed by atoms with E-state index >= 15 is 0 Å². The van der Waals surface area contributed by atoms with Gasteiger partial charge in [0.2, 0.25) is 0 Å². The van der Waals surface area contributed by atoms with Crippen LogP contribution in [0.3, 0.4) is 0 Å². The number of benzene rings is 1. The maximum Gasteiger partial charge on any atom is 0.416 e. The smallest absolute Gasteiger partial charge is 0.416 e. The van der Waals surface area contributed by atoms with Gasteiger partial charge in [-0.1, -0.05) is 6.92 Å². The molecular formula is C15H15F4NO. The maximum atomic E-state index is 13.9. The zero-order valence-electron chi connectivity index (χ0n) is 11.4. The van der Waals surface area contributed by atoms with Crippen molar-refractivity contribution in [1.82, 2.24) is 5.32 Å². The predicted molar refractivity (Wildman–Crippen MR) is 70.2 cm³/mol. The largest absolute Gasteiger partial charge is 0.469 e. The van der Waals surface area contributed by atoms with E-state index in [1.165, 1.54) is 6.26 Å². The fourth-order valence-corrected chi connectivity index (χ4v) is 2.16. The normalized spacial score (nSPS) is 13.4. The molecule has 0 saturated heterocycles. The molecule has 1 heterocycles. The number of nitrogens with one attached hydrogen (secondary N) is 1. The first-order chi connectivity index (χ1) is 9.91. The van der Waals surface area contributed by atoms with Gasteiger partial charge in [0, 0.05) is 18.0 Å². The lowest BCUT2D eigenvalue weighted by Crippen LogP contribution is -2.24. The van der Waals surface area contributed by atoms with Gasteiger partial charge >= 0.3 is 6.18 Å². The molecule has 0 aliphatic carbocycles. The Labute approximate surface area is 119 Å². The van der Waals surface area contributed by atoms with Crippen LogP contribution in [-0.2, 0) is 12.6 Å². The van der Waals surface area contributed by atoms with Crippen LogP contribution in [0.15, 0.2) is 41.0 Å². The second-order valence-electron chi connectivity index (χ2n) is 4.63. The highest BCUT2D eigenvalue weighted by Gasteiger charge is 2.32. The van der Waals surface area contributed by atoms with E-state index in [9.17, 15) is 17.6 Å². The third kappa shape index (κ3) is 3.85. The third-order valence-corrected chi connectivity index (χ3v) is 3.13. The first kappa shape index (κ1) is 15.6. The van der Waals surface area contributed by atoms with E-state index in [-0.39, 0.29) is 12.0 Å². The van der Waals surface area contributed by atoms with Gasteiger partial charge in [0.15, 0.2) is 0 Å². The van der Waals surface area contributed by atoms with Crippen LogP contribution in [0, 0.1) is 5.82 Å². The molecule has 0 spiro atoms. The zero-order valence-corrected chi connectivity index (χ0v) is 11.4. The van der Waals surface area contributed by atoms with Crippen LogP contribution in [0.25, 0.3) is 0 Å². The van der Waals surface area contributed by atoms with Crippen LogP contribution < -0.4 is 5.32 Å². The van der Waals surface area contributed by atoms with E-state index in [0.29, 0.717) is 12.3 Å². The summed E-state index contributed by atoms with van der Waals surface area (Å²) >= 11 is 0. The molecule has 1 aromatic carbocycles. The Morgan fingerprint density at radius 3 is 2.57 bits per heavy atom. The highest BCUT2D eigenvalue weighted by Crippen LogP contribution is 2.32. The number of furan rings is 1. The topological polar surface area (TPSA) is 25.2 Å². The molecule has 2 rings (SSSR count). The van der Waals surface area contributed by atoms with Crippen molar-refractivity contribution in [2.45, 2.75) is 25.6 Å². The van der Waals surface area contributed by atoms with Crippen molar-refractivity contribution >= 4 is 0 Å². The molecule has 0 aliphatic heterocycles. The van der Waals surface area contributed by atoms with E-state index in [4.69, 9.17) is 4.42 Å². The van der Waals surface area contributed by atoms with Crippen LogP contribution in [0.1, 0.15) is 29.9 Å². The van der Waals surface area contributed by atoms with Crippen molar-refractivity contribution < 1.29 is 22.0 Å². The van der Waals surface area contributed by atoms with Crippen molar-refractivity contribution in [1.29, 1.82) is 0 Å². The minimum Gasteiger partial charge on any atom is -0.469 e. The van der Waals surface area contributed by atoms with Gasteiger partial charge in [-0.25, -0.2) is 4.39 Å². The van der Waals surface area contributed by atoms with Gasteiger partial charge in [0.1, 0.15) is 11.6 Å². The maximum absolute atomic E-state index is 13.9. The summed E-state index contributed by atoms with van der Waals surface area (Å²) in [5, 5.41) is 2.99. The fourth-order valence-electron chi connectivity index (χ4n) is 2.16. The van der Waals surface area contributed by atoms with Crippen molar-refractivity contribution in [3.8, 4) is 0 Å². The summed E-state index contributed by atoms with van der Waals surface area (Å²) in [6.07, 6.45) is -2.75. The van der Waals surface area contributed by atoms with Crippen LogP contribution in [0.5, 0.6) is 0 Å². The molecule has 1 aromatic heterocycles. The summed E-state index contributed by atoms with van der Waals surface area (Å²) in [6.45, 7) is 2.31. The number of hydrogen-bond acceptors (Lipinski definition) is 2. The molecule has 0 bridgehead atoms. The Balaban J connectivity index is 2.34. The van der Waals surface area contributed by atoms with Crippen LogP contribution >= 0.6 is 0 Å². The number of rotatable bonds is 5. The number of likely N-dealkylation sites (N-methyl/N-ethyl adjacent to an activating group) is 1. The monoisotopic (exact) mass is 301 g/mol. The van der Waals surface area contributed by atoms with Crippen molar-refractivity contribution in [2.75, 3.05) is 6.54 Å². The quantitative estimate of drug-likeness (QED) is 0.832. The van der Waals surface area contributed by atoms with Gasteiger partial charge in [-0.2, -0.15) is 13.2 Å². The summed E-state index contributed by atoms with van der Waals surface area (Å²) in [7, 11) is 0. The standard InChI is InChI=1S/C15H15F4NO/c1-2-20-14(9-11-4-3-7-21-11)12-8-10(15(17,18)19)5-6-13(12)16/h3-8,14,20H,2,9H2,1H3. The Morgan fingerprint density at radius 2 is 2.00 bits per heavy atom.